The molecule has 0 saturated carbocycles. The van der Waals surface area contributed by atoms with E-state index in [-0.39, 0.29) is 39.7 Å². The Labute approximate surface area is 191 Å². The van der Waals surface area contributed by atoms with E-state index >= 15 is 4.39 Å². The zero-order valence-corrected chi connectivity index (χ0v) is 19.0. The number of halogens is 2. The summed E-state index contributed by atoms with van der Waals surface area (Å²) in [5.41, 5.74) is 0.505. The lowest BCUT2D eigenvalue weighted by Gasteiger charge is -2.55. The fraction of sp³-hybridized carbons (Fsp3) is 0.458. The van der Waals surface area contributed by atoms with Gasteiger partial charge in [0.1, 0.15) is 17.3 Å². The molecule has 2 bridgehead atoms. The number of hydrogen-bond donors (Lipinski definition) is 3. The normalized spacial score (nSPS) is 26.9. The van der Waals surface area contributed by atoms with Crippen molar-refractivity contribution < 1.29 is 13.9 Å². The highest BCUT2D eigenvalue weighted by Crippen LogP contribution is 2.42. The molecule has 2 saturated heterocycles. The maximum atomic E-state index is 15.1. The van der Waals surface area contributed by atoms with Gasteiger partial charge in [-0.15, -0.1) is 10.2 Å². The summed E-state index contributed by atoms with van der Waals surface area (Å²) in [4.78, 5) is 1.99. The molecule has 0 spiro atoms. The van der Waals surface area contributed by atoms with Gasteiger partial charge in [0.25, 0.3) is 0 Å². The minimum atomic E-state index is -0.663. The topological polar surface area (TPSA) is 90.0 Å². The highest BCUT2D eigenvalue weighted by atomic mass is 19.1. The third kappa shape index (κ3) is 3.94. The van der Waals surface area contributed by atoms with Crippen molar-refractivity contribution in [2.75, 3.05) is 11.9 Å². The van der Waals surface area contributed by atoms with Crippen molar-refractivity contribution in [1.82, 2.24) is 25.7 Å². The van der Waals surface area contributed by atoms with Gasteiger partial charge in [-0.2, -0.15) is 5.10 Å². The highest BCUT2D eigenvalue weighted by molar-refractivity contribution is 5.74. The average Bonchev–Trinajstić information content (AvgIpc) is 3.28. The van der Waals surface area contributed by atoms with Gasteiger partial charge < -0.3 is 15.3 Å². The van der Waals surface area contributed by atoms with E-state index in [0.717, 1.165) is 31.7 Å². The summed E-state index contributed by atoms with van der Waals surface area (Å²) in [6, 6.07) is 3.82. The highest BCUT2D eigenvalue weighted by Gasteiger charge is 2.46. The molecule has 0 radical (unpaired) electrons. The second-order valence-corrected chi connectivity index (χ2v) is 10.0. The van der Waals surface area contributed by atoms with E-state index in [9.17, 15) is 9.50 Å². The molecule has 3 atom stereocenters. The Hall–Kier alpha value is -3.07. The molecule has 0 unspecified atom stereocenters. The van der Waals surface area contributed by atoms with Crippen LogP contribution >= 0.6 is 0 Å². The van der Waals surface area contributed by atoms with Crippen molar-refractivity contribution >= 4 is 5.82 Å². The first-order valence-electron chi connectivity index (χ1n) is 11.2. The molecule has 7 nitrogen and oxygen atoms in total. The number of nitrogens with zero attached hydrogens (tertiary/aromatic N) is 4. The minimum absolute atomic E-state index is 0.0460. The molecule has 2 fully saturated rings. The Kier molecular flexibility index (Phi) is 5.12. The number of aromatic amines is 1. The summed E-state index contributed by atoms with van der Waals surface area (Å²) in [5.74, 6) is -1.14. The van der Waals surface area contributed by atoms with E-state index in [4.69, 9.17) is 0 Å². The van der Waals surface area contributed by atoms with Crippen molar-refractivity contribution in [3.8, 4) is 28.1 Å². The molecule has 0 amide bonds. The number of phenolic OH excluding ortho intramolecular Hbond substituents is 1. The molecule has 33 heavy (non-hydrogen) atoms. The third-order valence-electron chi connectivity index (χ3n) is 7.23. The Morgan fingerprint density at radius 3 is 2.39 bits per heavy atom. The Bertz CT molecular complexity index is 1170. The van der Waals surface area contributed by atoms with Gasteiger partial charge in [-0.3, -0.25) is 5.10 Å². The van der Waals surface area contributed by atoms with Crippen LogP contribution in [0.1, 0.15) is 46.0 Å². The molecular weight excluding hydrogens is 426 g/mol. The van der Waals surface area contributed by atoms with Gasteiger partial charge in [0, 0.05) is 53.1 Å². The molecule has 3 N–H and O–H groups in total. The second-order valence-electron chi connectivity index (χ2n) is 10.0. The van der Waals surface area contributed by atoms with Gasteiger partial charge in [-0.25, -0.2) is 8.78 Å². The predicted octanol–water partition coefficient (Wildman–Crippen LogP) is 4.41. The van der Waals surface area contributed by atoms with Gasteiger partial charge >= 0.3 is 0 Å². The molecule has 3 aromatic rings. The van der Waals surface area contributed by atoms with Crippen LogP contribution in [0.3, 0.4) is 0 Å². The molecule has 174 valence electrons. The van der Waals surface area contributed by atoms with Crippen LogP contribution in [-0.2, 0) is 0 Å². The fourth-order valence-electron chi connectivity index (χ4n) is 5.69. The third-order valence-corrected chi connectivity index (χ3v) is 7.23. The molecule has 9 heteroatoms. The lowest BCUT2D eigenvalue weighted by Crippen LogP contribution is -2.66. The Morgan fingerprint density at radius 1 is 1.03 bits per heavy atom. The lowest BCUT2D eigenvalue weighted by molar-refractivity contribution is 0.0784. The number of fused-ring (bicyclic) bond motifs is 2. The van der Waals surface area contributed by atoms with E-state index in [0.29, 0.717) is 11.4 Å². The van der Waals surface area contributed by atoms with Crippen LogP contribution in [0.15, 0.2) is 30.6 Å². The summed E-state index contributed by atoms with van der Waals surface area (Å²) >= 11 is 0. The van der Waals surface area contributed by atoms with Crippen molar-refractivity contribution in [2.45, 2.75) is 63.1 Å². The van der Waals surface area contributed by atoms with Crippen LogP contribution in [0.2, 0.25) is 0 Å². The number of benzene rings is 1. The zero-order chi connectivity index (χ0) is 23.4. The first kappa shape index (κ1) is 21.8. The quantitative estimate of drug-likeness (QED) is 0.541. The Balaban J connectivity index is 1.43. The summed E-state index contributed by atoms with van der Waals surface area (Å²) in [6.45, 7) is 4.51. The summed E-state index contributed by atoms with van der Waals surface area (Å²) < 4.78 is 29.8. The smallest absolute Gasteiger partial charge is 0.155 e. The molecule has 2 aliphatic rings. The van der Waals surface area contributed by atoms with Crippen molar-refractivity contribution in [3.05, 3.63) is 42.2 Å². The van der Waals surface area contributed by atoms with Crippen LogP contribution in [0, 0.1) is 11.6 Å². The van der Waals surface area contributed by atoms with Gasteiger partial charge in [-0.05, 0) is 58.1 Å². The molecule has 4 heterocycles. The number of anilines is 1. The van der Waals surface area contributed by atoms with Crippen molar-refractivity contribution in [2.24, 2.45) is 0 Å². The van der Waals surface area contributed by atoms with Crippen LogP contribution < -0.4 is 10.2 Å². The summed E-state index contributed by atoms with van der Waals surface area (Å²) in [7, 11) is 1.92. The van der Waals surface area contributed by atoms with Gasteiger partial charge in [0.2, 0.25) is 0 Å². The second kappa shape index (κ2) is 7.76. The first-order valence-corrected chi connectivity index (χ1v) is 11.2. The average molecular weight is 455 g/mol. The van der Waals surface area contributed by atoms with Crippen LogP contribution in [0.25, 0.3) is 22.4 Å². The van der Waals surface area contributed by atoms with E-state index in [2.05, 4.69) is 39.6 Å². The van der Waals surface area contributed by atoms with Gasteiger partial charge in [0.15, 0.2) is 11.6 Å². The first-order chi connectivity index (χ1) is 15.7. The molecule has 2 aromatic heterocycles. The number of rotatable bonds is 4. The standard InChI is InChI=1S/C24H28F2N6O/c1-23-5-4-6-24(2,31-23)11-15(10-23)32(3)21-9-19(26)22(30-29-21)17-7-18(25)16(8-20(17)33)14-12-27-28-13-14/h7-9,12-13,15,31,33H,4-6,10-11H2,1-3H3,(H,27,28)/t15-,23+,24-. The van der Waals surface area contributed by atoms with Crippen LogP contribution in [0.5, 0.6) is 5.75 Å². The summed E-state index contributed by atoms with van der Waals surface area (Å²) in [6.07, 6.45) is 8.27. The van der Waals surface area contributed by atoms with Crippen LogP contribution in [-0.4, -0.2) is 49.7 Å². The molecule has 5 rings (SSSR count). The molecule has 1 aromatic carbocycles. The number of aromatic nitrogens is 4. The molecule has 2 aliphatic heterocycles. The number of H-pyrrole nitrogens is 1. The molecule has 0 aliphatic carbocycles. The van der Waals surface area contributed by atoms with E-state index in [1.165, 1.54) is 30.9 Å². The number of piperidine rings is 2. The van der Waals surface area contributed by atoms with E-state index < -0.39 is 11.6 Å². The van der Waals surface area contributed by atoms with Crippen molar-refractivity contribution in [3.63, 3.8) is 0 Å². The fourth-order valence-corrected chi connectivity index (χ4v) is 5.69. The van der Waals surface area contributed by atoms with E-state index in [1.54, 1.807) is 0 Å². The predicted molar refractivity (Wildman–Crippen MR) is 122 cm³/mol. The number of phenols is 1. The number of aromatic hydroxyl groups is 1. The van der Waals surface area contributed by atoms with Gasteiger partial charge in [-0.1, -0.05) is 0 Å². The number of hydrogen-bond acceptors (Lipinski definition) is 6. The van der Waals surface area contributed by atoms with E-state index in [1.807, 2.05) is 11.9 Å². The zero-order valence-electron chi connectivity index (χ0n) is 19.0. The minimum Gasteiger partial charge on any atom is -0.507 e. The van der Waals surface area contributed by atoms with Crippen molar-refractivity contribution in [1.29, 1.82) is 0 Å². The summed E-state index contributed by atoms with van der Waals surface area (Å²) in [5, 5.41) is 29.0. The lowest BCUT2D eigenvalue weighted by atomic mass is 9.69. The Morgan fingerprint density at radius 2 is 1.76 bits per heavy atom. The monoisotopic (exact) mass is 454 g/mol. The largest absolute Gasteiger partial charge is 0.507 e. The molecular formula is C24H28F2N6O. The van der Waals surface area contributed by atoms with Gasteiger partial charge in [0.05, 0.1) is 6.20 Å². The van der Waals surface area contributed by atoms with Crippen LogP contribution in [0.4, 0.5) is 14.6 Å². The number of nitrogens with one attached hydrogen (secondary N) is 2. The SMILES string of the molecule is CN(c1cc(F)c(-c2cc(F)c(-c3cn[nH]c3)cc2O)nn1)[C@@H]1C[C@]2(C)CCC[C@](C)(C1)N2. The maximum absolute atomic E-state index is 15.1. The maximum Gasteiger partial charge on any atom is 0.155 e.